The van der Waals surface area contributed by atoms with E-state index in [9.17, 15) is 22.4 Å². The first-order valence-corrected chi connectivity index (χ1v) is 8.90. The van der Waals surface area contributed by atoms with Gasteiger partial charge in [-0.3, -0.25) is 4.79 Å². The molecule has 0 aliphatic carbocycles. The van der Waals surface area contributed by atoms with Gasteiger partial charge >= 0.3 is 6.18 Å². The highest BCUT2D eigenvalue weighted by Gasteiger charge is 2.35. The van der Waals surface area contributed by atoms with E-state index in [0.717, 1.165) is 18.2 Å². The number of nitrogens with one attached hydrogen (secondary N) is 1. The van der Waals surface area contributed by atoms with Gasteiger partial charge in [-0.05, 0) is 24.3 Å². The second-order valence-corrected chi connectivity index (χ2v) is 6.68. The van der Waals surface area contributed by atoms with Crippen molar-refractivity contribution in [2.45, 2.75) is 6.18 Å². The number of aromatic nitrogens is 3. The molecule has 0 atom stereocenters. The number of rotatable bonds is 3. The van der Waals surface area contributed by atoms with Crippen LogP contribution in [-0.4, -0.2) is 20.5 Å². The van der Waals surface area contributed by atoms with Gasteiger partial charge in [-0.15, -0.1) is 0 Å². The van der Waals surface area contributed by atoms with E-state index in [1.54, 1.807) is 30.3 Å². The number of anilines is 1. The van der Waals surface area contributed by atoms with Gasteiger partial charge in [0.25, 0.3) is 5.91 Å². The highest BCUT2D eigenvalue weighted by Crippen LogP contribution is 2.32. The molecule has 0 unspecified atom stereocenters. The van der Waals surface area contributed by atoms with Gasteiger partial charge in [0.15, 0.2) is 17.0 Å². The van der Waals surface area contributed by atoms with Crippen molar-refractivity contribution in [2.24, 2.45) is 0 Å². The van der Waals surface area contributed by atoms with Gasteiger partial charge in [-0.1, -0.05) is 41.9 Å². The van der Waals surface area contributed by atoms with Crippen LogP contribution in [0.2, 0.25) is 5.02 Å². The smallest absolute Gasteiger partial charge is 0.321 e. The number of carbonyl (C=O) groups is 1. The zero-order valence-electron chi connectivity index (χ0n) is 14.9. The summed E-state index contributed by atoms with van der Waals surface area (Å²) in [5.41, 5.74) is -0.774. The largest absolute Gasteiger partial charge is 0.433 e. The van der Waals surface area contributed by atoms with Crippen molar-refractivity contribution < 1.29 is 22.4 Å². The summed E-state index contributed by atoms with van der Waals surface area (Å²) in [5, 5.41) is 5.97. The fraction of sp³-hybridized carbons (Fsp3) is 0.0500. The number of alkyl halides is 3. The molecule has 0 aliphatic heterocycles. The summed E-state index contributed by atoms with van der Waals surface area (Å²) in [6, 6.07) is 13.8. The van der Waals surface area contributed by atoms with Crippen molar-refractivity contribution in [1.29, 1.82) is 0 Å². The number of fused-ring (bicyclic) bond motifs is 1. The van der Waals surface area contributed by atoms with Gasteiger partial charge in [0, 0.05) is 17.3 Å². The highest BCUT2D eigenvalue weighted by atomic mass is 35.5. The Morgan fingerprint density at radius 3 is 2.43 bits per heavy atom. The van der Waals surface area contributed by atoms with Crippen LogP contribution in [0.5, 0.6) is 0 Å². The first-order valence-electron chi connectivity index (χ1n) is 8.52. The molecule has 152 valence electrons. The molecular formula is C20H11ClF4N4O. The minimum absolute atomic E-state index is 0.0904. The van der Waals surface area contributed by atoms with Gasteiger partial charge in [0.05, 0.1) is 10.7 Å². The normalized spacial score (nSPS) is 11.6. The molecule has 10 heteroatoms. The molecule has 0 spiro atoms. The van der Waals surface area contributed by atoms with Crippen LogP contribution in [0, 0.1) is 5.82 Å². The molecule has 2 heterocycles. The Morgan fingerprint density at radius 1 is 1.03 bits per heavy atom. The van der Waals surface area contributed by atoms with Crippen LogP contribution in [0.1, 0.15) is 16.2 Å². The van der Waals surface area contributed by atoms with Crippen molar-refractivity contribution >= 4 is 28.8 Å². The molecule has 0 fully saturated rings. The van der Waals surface area contributed by atoms with Crippen molar-refractivity contribution in [1.82, 2.24) is 14.6 Å². The highest BCUT2D eigenvalue weighted by molar-refractivity contribution is 6.31. The van der Waals surface area contributed by atoms with Crippen LogP contribution in [0.15, 0.2) is 60.7 Å². The summed E-state index contributed by atoms with van der Waals surface area (Å²) in [5.74, 6) is -1.47. The lowest BCUT2D eigenvalue weighted by Gasteiger charge is -2.10. The summed E-state index contributed by atoms with van der Waals surface area (Å²) in [6.45, 7) is 0. The lowest BCUT2D eigenvalue weighted by molar-refractivity contribution is -0.142. The van der Waals surface area contributed by atoms with Crippen LogP contribution in [-0.2, 0) is 6.18 Å². The van der Waals surface area contributed by atoms with E-state index >= 15 is 0 Å². The van der Waals surface area contributed by atoms with Crippen LogP contribution in [0.3, 0.4) is 0 Å². The first-order chi connectivity index (χ1) is 14.2. The molecule has 4 aromatic rings. The number of hydrogen-bond acceptors (Lipinski definition) is 3. The van der Waals surface area contributed by atoms with Crippen LogP contribution in [0.25, 0.3) is 16.9 Å². The van der Waals surface area contributed by atoms with E-state index in [-0.39, 0.29) is 27.7 Å². The van der Waals surface area contributed by atoms with E-state index in [4.69, 9.17) is 11.6 Å². The third-order valence-electron chi connectivity index (χ3n) is 4.20. The maximum Gasteiger partial charge on any atom is 0.433 e. The molecule has 5 nitrogen and oxygen atoms in total. The molecule has 2 aromatic heterocycles. The summed E-state index contributed by atoms with van der Waals surface area (Å²) < 4.78 is 54.7. The molecule has 0 bridgehead atoms. The molecule has 0 saturated carbocycles. The third kappa shape index (κ3) is 3.84. The van der Waals surface area contributed by atoms with Gasteiger partial charge in [-0.2, -0.15) is 18.3 Å². The maximum absolute atomic E-state index is 13.6. The van der Waals surface area contributed by atoms with E-state index < -0.39 is 23.6 Å². The maximum atomic E-state index is 13.6. The molecule has 1 N–H and O–H groups in total. The standard InChI is InChI=1S/C20H11ClF4N4O/c21-13-8-12(6-7-14(13)22)26-19(30)16-10-18-27-15(11-4-2-1-3-5-11)9-17(20(23,24)25)29(18)28-16/h1-10H,(H,26,30). The van der Waals surface area contributed by atoms with Gasteiger partial charge in [0.1, 0.15) is 5.82 Å². The quantitative estimate of drug-likeness (QED) is 0.436. The number of hydrogen-bond donors (Lipinski definition) is 1. The third-order valence-corrected chi connectivity index (χ3v) is 4.49. The number of halogens is 5. The van der Waals surface area contributed by atoms with Crippen molar-refractivity contribution in [3.8, 4) is 11.3 Å². The van der Waals surface area contributed by atoms with Crippen molar-refractivity contribution in [3.63, 3.8) is 0 Å². The van der Waals surface area contributed by atoms with Gasteiger partial charge in [-0.25, -0.2) is 13.9 Å². The Morgan fingerprint density at radius 2 is 1.77 bits per heavy atom. The zero-order valence-corrected chi connectivity index (χ0v) is 15.7. The van der Waals surface area contributed by atoms with Crippen LogP contribution < -0.4 is 5.32 Å². The Bertz CT molecular complexity index is 1260. The van der Waals surface area contributed by atoms with E-state index in [0.29, 0.717) is 10.1 Å². The summed E-state index contributed by atoms with van der Waals surface area (Å²) in [4.78, 5) is 16.7. The average molecular weight is 435 g/mol. The second-order valence-electron chi connectivity index (χ2n) is 6.27. The van der Waals surface area contributed by atoms with Crippen molar-refractivity contribution in [3.05, 3.63) is 82.9 Å². The average Bonchev–Trinajstić information content (AvgIpc) is 3.14. The topological polar surface area (TPSA) is 59.3 Å². The molecule has 30 heavy (non-hydrogen) atoms. The molecule has 0 aliphatic rings. The SMILES string of the molecule is O=C(Nc1ccc(F)c(Cl)c1)c1cc2nc(-c3ccccc3)cc(C(F)(F)F)n2n1. The minimum atomic E-state index is -4.73. The molecular weight excluding hydrogens is 424 g/mol. The van der Waals surface area contributed by atoms with Gasteiger partial charge in [0.2, 0.25) is 0 Å². The molecule has 1 amide bonds. The van der Waals surface area contributed by atoms with E-state index in [1.165, 1.54) is 12.1 Å². The monoisotopic (exact) mass is 434 g/mol. The zero-order chi connectivity index (χ0) is 21.5. The lowest BCUT2D eigenvalue weighted by Crippen LogP contribution is -2.15. The van der Waals surface area contributed by atoms with Crippen LogP contribution in [0.4, 0.5) is 23.2 Å². The Kier molecular flexibility index (Phi) is 4.90. The number of nitrogens with zero attached hydrogens (tertiary/aromatic N) is 3. The summed E-state index contributed by atoms with van der Waals surface area (Å²) in [7, 11) is 0. The second kappa shape index (κ2) is 7.42. The molecule has 2 aromatic carbocycles. The number of amides is 1. The Hall–Kier alpha value is -3.46. The molecule has 0 radical (unpaired) electrons. The summed E-state index contributed by atoms with van der Waals surface area (Å²) >= 11 is 5.67. The number of benzene rings is 2. The predicted molar refractivity (Wildman–Crippen MR) is 103 cm³/mol. The van der Waals surface area contributed by atoms with E-state index in [1.807, 2.05) is 0 Å². The van der Waals surface area contributed by atoms with Crippen molar-refractivity contribution in [2.75, 3.05) is 5.32 Å². The fourth-order valence-corrected chi connectivity index (χ4v) is 2.99. The van der Waals surface area contributed by atoms with E-state index in [2.05, 4.69) is 15.4 Å². The number of carbonyl (C=O) groups excluding carboxylic acids is 1. The predicted octanol–water partition coefficient (Wildman–Crippen LogP) is 5.46. The Labute approximate surface area is 171 Å². The van der Waals surface area contributed by atoms with Gasteiger partial charge < -0.3 is 5.32 Å². The minimum Gasteiger partial charge on any atom is -0.321 e. The first kappa shape index (κ1) is 19.8. The fourth-order valence-electron chi connectivity index (χ4n) is 2.81. The summed E-state index contributed by atoms with van der Waals surface area (Å²) in [6.07, 6.45) is -4.73. The lowest BCUT2D eigenvalue weighted by atomic mass is 10.1. The molecule has 0 saturated heterocycles. The molecule has 4 rings (SSSR count). The Balaban J connectivity index is 1.77. The van der Waals surface area contributed by atoms with Crippen LogP contribution >= 0.6 is 11.6 Å².